The van der Waals surface area contributed by atoms with Crippen LogP contribution in [0.3, 0.4) is 0 Å². The first kappa shape index (κ1) is 45.4. The van der Waals surface area contributed by atoms with Crippen molar-refractivity contribution in [2.45, 2.75) is 77.3 Å². The zero-order chi connectivity index (χ0) is 46.8. The van der Waals surface area contributed by atoms with Crippen molar-refractivity contribution in [3.05, 3.63) is 102 Å². The molecule has 3 N–H and O–H groups in total. The highest BCUT2D eigenvalue weighted by Gasteiger charge is 2.37. The smallest absolute Gasteiger partial charge is 0.249 e. The van der Waals surface area contributed by atoms with E-state index in [-0.39, 0.29) is 47.3 Å². The molecular weight excluding hydrogens is 848 g/mol. The summed E-state index contributed by atoms with van der Waals surface area (Å²) in [5.41, 5.74) is 8.17. The van der Waals surface area contributed by atoms with Crippen molar-refractivity contribution in [2.75, 3.05) is 74.0 Å². The van der Waals surface area contributed by atoms with Crippen LogP contribution in [0.4, 0.5) is 21.5 Å². The Morgan fingerprint density at radius 2 is 1.51 bits per heavy atom. The van der Waals surface area contributed by atoms with Crippen LogP contribution in [-0.4, -0.2) is 114 Å². The summed E-state index contributed by atoms with van der Waals surface area (Å²) in [7, 11) is 0. The van der Waals surface area contributed by atoms with Gasteiger partial charge in [-0.25, -0.2) is 8.91 Å². The highest BCUT2D eigenvalue weighted by Crippen LogP contribution is 2.37. The van der Waals surface area contributed by atoms with Crippen LogP contribution in [0, 0.1) is 22.6 Å². The van der Waals surface area contributed by atoms with Crippen LogP contribution in [0.2, 0.25) is 0 Å². The molecule has 0 spiro atoms. The molecule has 6 heterocycles. The number of carbonyl (C=O) groups is 4. The van der Waals surface area contributed by atoms with Crippen LogP contribution in [0.1, 0.15) is 76.3 Å². The highest BCUT2D eigenvalue weighted by atomic mass is 19.1. The average Bonchev–Trinajstić information content (AvgIpc) is 3.76. The molecule has 4 saturated heterocycles. The number of hydrogen-bond donors (Lipinski definition) is 3. The van der Waals surface area contributed by atoms with Gasteiger partial charge < -0.3 is 25.3 Å². The number of anilines is 3. The number of fused-ring (bicyclic) bond motifs is 1. The van der Waals surface area contributed by atoms with E-state index in [1.54, 1.807) is 22.8 Å². The van der Waals surface area contributed by atoms with Gasteiger partial charge in [-0.2, -0.15) is 10.4 Å². The Kier molecular flexibility index (Phi) is 13.0. The number of imide groups is 1. The van der Waals surface area contributed by atoms with E-state index in [4.69, 9.17) is 0 Å². The maximum Gasteiger partial charge on any atom is 0.249 e. The topological polar surface area (TPSA) is 158 Å². The number of carbonyl (C=O) groups excluding carboxylic acids is 4. The van der Waals surface area contributed by atoms with Gasteiger partial charge in [0, 0.05) is 91.5 Å². The van der Waals surface area contributed by atoms with Crippen LogP contribution in [0.5, 0.6) is 0 Å². The van der Waals surface area contributed by atoms with Crippen LogP contribution in [0.15, 0.2) is 85.2 Å². The quantitative estimate of drug-likeness (QED) is 0.124. The molecule has 4 aliphatic rings. The summed E-state index contributed by atoms with van der Waals surface area (Å²) >= 11 is 0. The molecule has 1 atom stereocenters. The van der Waals surface area contributed by atoms with E-state index in [0.29, 0.717) is 56.0 Å². The van der Waals surface area contributed by atoms with E-state index in [1.165, 1.54) is 6.07 Å². The number of halogens is 1. The van der Waals surface area contributed by atoms with Crippen molar-refractivity contribution in [1.82, 2.24) is 30.0 Å². The van der Waals surface area contributed by atoms with E-state index in [0.717, 1.165) is 91.0 Å². The number of benzene rings is 3. The molecule has 5 aromatic rings. The molecule has 4 fully saturated rings. The fourth-order valence-corrected chi connectivity index (χ4v) is 10.1. The minimum atomic E-state index is -0.570. The predicted molar refractivity (Wildman–Crippen MR) is 257 cm³/mol. The number of pyridine rings is 1. The lowest BCUT2D eigenvalue weighted by Crippen LogP contribution is -2.51. The summed E-state index contributed by atoms with van der Waals surface area (Å²) in [5, 5.41) is 23.0. The van der Waals surface area contributed by atoms with Gasteiger partial charge in [-0.05, 0) is 124 Å². The van der Waals surface area contributed by atoms with E-state index in [9.17, 15) is 24.4 Å². The van der Waals surface area contributed by atoms with Gasteiger partial charge in [-0.3, -0.25) is 29.4 Å². The fraction of sp³-hybridized carbons (Fsp3) is 0.423. The van der Waals surface area contributed by atoms with Crippen molar-refractivity contribution in [2.24, 2.45) is 5.41 Å². The molecule has 14 nitrogen and oxygen atoms in total. The number of nitrogens with one attached hydrogen (secondary N) is 3. The molecule has 0 bridgehead atoms. The first-order valence-corrected chi connectivity index (χ1v) is 23.7. The lowest BCUT2D eigenvalue weighted by atomic mass is 9.79. The summed E-state index contributed by atoms with van der Waals surface area (Å²) in [6.45, 7) is 12.1. The second kappa shape index (κ2) is 19.2. The normalized spacial score (nSPS) is 19.3. The molecule has 3 aromatic carbocycles. The summed E-state index contributed by atoms with van der Waals surface area (Å²) in [6, 6.07) is 26.0. The van der Waals surface area contributed by atoms with Crippen LogP contribution in [0.25, 0.3) is 27.8 Å². The Bertz CT molecular complexity index is 2690. The molecule has 0 aliphatic carbocycles. The number of rotatable bonds is 11. The highest BCUT2D eigenvalue weighted by molar-refractivity contribution is 6.01. The zero-order valence-electron chi connectivity index (χ0n) is 38.6. The largest absolute Gasteiger partial charge is 0.374 e. The SMILES string of the molecule is CC(C)NC(=O)C1(C)CCN(c2ccc(-c3cc(-c4ccc(N5CCN(C(=O)CN6CCC(c7ccc(NC8CCC(=O)NC8=O)cc7F)CC6)CC5)cc4)cn4ncc(C#N)c34)cc2)CC1. The monoisotopic (exact) mass is 906 g/mol. The first-order chi connectivity index (χ1) is 32.3. The Labute approximate surface area is 391 Å². The van der Waals surface area contributed by atoms with E-state index in [2.05, 4.69) is 103 Å². The fourth-order valence-electron chi connectivity index (χ4n) is 10.1. The molecule has 348 valence electrons. The molecule has 2 aromatic heterocycles. The third kappa shape index (κ3) is 9.86. The zero-order valence-corrected chi connectivity index (χ0v) is 38.6. The summed E-state index contributed by atoms with van der Waals surface area (Å²) < 4.78 is 17.1. The Morgan fingerprint density at radius 1 is 0.851 bits per heavy atom. The second-order valence-corrected chi connectivity index (χ2v) is 19.2. The lowest BCUT2D eigenvalue weighted by molar-refractivity contribution is -0.134. The average molecular weight is 907 g/mol. The molecule has 0 radical (unpaired) electrons. The van der Waals surface area contributed by atoms with Crippen molar-refractivity contribution < 1.29 is 23.6 Å². The van der Waals surface area contributed by atoms with Crippen LogP contribution >= 0.6 is 0 Å². The molecule has 0 saturated carbocycles. The summed E-state index contributed by atoms with van der Waals surface area (Å²) in [5.74, 6) is -0.704. The van der Waals surface area contributed by atoms with E-state index >= 15 is 4.39 Å². The van der Waals surface area contributed by atoms with Crippen molar-refractivity contribution >= 4 is 46.2 Å². The number of likely N-dealkylation sites (tertiary alicyclic amines) is 1. The molecule has 9 rings (SSSR count). The third-order valence-electron chi connectivity index (χ3n) is 14.3. The van der Waals surface area contributed by atoms with Gasteiger partial charge in [0.1, 0.15) is 17.9 Å². The standard InChI is InChI=1S/C52H59FN10O4/c1-34(2)56-51(67)52(3)18-22-60(23-19-52)41-11-6-36(7-12-41)44-28-38(32-63-49(44)39(30-54)31-55-63)35-4-9-42(10-5-35)61-24-26-62(27-25-61)48(65)33-59-20-16-37(17-21-59)43-13-8-40(29-45(43)53)57-46-14-15-47(64)58-50(46)66/h4-13,28-29,31-32,34,37,46,57H,14-27,33H2,1-3H3,(H,56,67)(H,58,64,66). The molecular formula is C52H59FN10O4. The Morgan fingerprint density at radius 3 is 2.13 bits per heavy atom. The van der Waals surface area contributed by atoms with Gasteiger partial charge in [0.25, 0.3) is 0 Å². The van der Waals surface area contributed by atoms with Gasteiger partial charge in [0.2, 0.25) is 23.6 Å². The second-order valence-electron chi connectivity index (χ2n) is 19.2. The van der Waals surface area contributed by atoms with Crippen LogP contribution in [-0.2, 0) is 19.2 Å². The molecule has 67 heavy (non-hydrogen) atoms. The molecule has 4 aliphatic heterocycles. The summed E-state index contributed by atoms with van der Waals surface area (Å²) in [4.78, 5) is 58.8. The maximum absolute atomic E-state index is 15.3. The number of hydrogen-bond acceptors (Lipinski definition) is 10. The Balaban J connectivity index is 0.779. The van der Waals surface area contributed by atoms with Crippen molar-refractivity contribution in [3.8, 4) is 28.3 Å². The van der Waals surface area contributed by atoms with Gasteiger partial charge in [-0.15, -0.1) is 0 Å². The molecule has 1 unspecified atom stereocenters. The lowest BCUT2D eigenvalue weighted by Gasteiger charge is -2.39. The van der Waals surface area contributed by atoms with Gasteiger partial charge in [0.05, 0.1) is 23.8 Å². The number of piperazine rings is 1. The molecule has 4 amide bonds. The maximum atomic E-state index is 15.3. The predicted octanol–water partition coefficient (Wildman–Crippen LogP) is 6.56. The minimum Gasteiger partial charge on any atom is -0.374 e. The molecule has 15 heteroatoms. The van der Waals surface area contributed by atoms with Gasteiger partial charge in [-0.1, -0.05) is 37.3 Å². The van der Waals surface area contributed by atoms with E-state index in [1.807, 2.05) is 24.9 Å². The third-order valence-corrected chi connectivity index (χ3v) is 14.3. The number of nitrogens with zero attached hydrogens (tertiary/aromatic N) is 7. The number of nitriles is 1. The summed E-state index contributed by atoms with van der Waals surface area (Å²) in [6.07, 6.45) is 7.28. The number of aromatic nitrogens is 2. The number of piperidine rings is 3. The Hall–Kier alpha value is -6.79. The van der Waals surface area contributed by atoms with Crippen molar-refractivity contribution in [3.63, 3.8) is 0 Å². The van der Waals surface area contributed by atoms with Crippen LogP contribution < -0.4 is 25.8 Å². The van der Waals surface area contributed by atoms with Gasteiger partial charge >= 0.3 is 0 Å². The number of amides is 4. The minimum absolute atomic E-state index is 0.0476. The van der Waals surface area contributed by atoms with Crippen molar-refractivity contribution in [1.29, 1.82) is 5.26 Å². The first-order valence-electron chi connectivity index (χ1n) is 23.7. The van der Waals surface area contributed by atoms with Gasteiger partial charge in [0.15, 0.2) is 0 Å². The van der Waals surface area contributed by atoms with E-state index < -0.39 is 11.9 Å².